The van der Waals surface area contributed by atoms with Crippen molar-refractivity contribution in [2.75, 3.05) is 7.11 Å². The average molecular weight is 213 g/mol. The van der Waals surface area contributed by atoms with Crippen LogP contribution in [0.25, 0.3) is 0 Å². The summed E-state index contributed by atoms with van der Waals surface area (Å²) in [5.74, 6) is 1.26. The SMILES string of the molecule is CCc1cc(Cl)c(OC)c(C(C)C)c1. The predicted octanol–water partition coefficient (Wildman–Crippen LogP) is 4.03. The highest BCUT2D eigenvalue weighted by Crippen LogP contribution is 2.34. The standard InChI is InChI=1S/C12H17ClO/c1-5-9-6-10(8(2)3)12(14-4)11(13)7-9/h6-8H,5H2,1-4H3. The quantitative estimate of drug-likeness (QED) is 0.735. The smallest absolute Gasteiger partial charge is 0.140 e. The van der Waals surface area contributed by atoms with Gasteiger partial charge in [-0.3, -0.25) is 0 Å². The van der Waals surface area contributed by atoms with Gasteiger partial charge in [0.15, 0.2) is 0 Å². The van der Waals surface area contributed by atoms with Gasteiger partial charge in [-0.15, -0.1) is 0 Å². The molecule has 0 aliphatic heterocycles. The number of rotatable bonds is 3. The number of hydrogen-bond acceptors (Lipinski definition) is 1. The van der Waals surface area contributed by atoms with Crippen molar-refractivity contribution in [3.63, 3.8) is 0 Å². The summed E-state index contributed by atoms with van der Waals surface area (Å²) >= 11 is 6.13. The van der Waals surface area contributed by atoms with Gasteiger partial charge in [0, 0.05) is 0 Å². The summed E-state index contributed by atoms with van der Waals surface area (Å²) in [6, 6.07) is 4.15. The van der Waals surface area contributed by atoms with E-state index in [1.54, 1.807) is 7.11 Å². The van der Waals surface area contributed by atoms with Gasteiger partial charge < -0.3 is 4.74 Å². The fourth-order valence-electron chi connectivity index (χ4n) is 1.52. The first-order chi connectivity index (χ1) is 6.60. The molecule has 0 unspecified atom stereocenters. The molecule has 1 aromatic carbocycles. The summed E-state index contributed by atoms with van der Waals surface area (Å²) in [5.41, 5.74) is 2.45. The molecule has 1 rings (SSSR count). The van der Waals surface area contributed by atoms with Crippen molar-refractivity contribution in [2.45, 2.75) is 33.1 Å². The van der Waals surface area contributed by atoms with Gasteiger partial charge in [0.25, 0.3) is 0 Å². The molecule has 0 amide bonds. The topological polar surface area (TPSA) is 9.23 Å². The van der Waals surface area contributed by atoms with Crippen LogP contribution in [0.1, 0.15) is 37.8 Å². The minimum absolute atomic E-state index is 0.439. The normalized spacial score (nSPS) is 10.7. The van der Waals surface area contributed by atoms with Crippen LogP contribution in [0, 0.1) is 0 Å². The Balaban J connectivity index is 3.28. The molecule has 14 heavy (non-hydrogen) atoms. The lowest BCUT2D eigenvalue weighted by Gasteiger charge is -2.14. The second-order valence-corrected chi connectivity index (χ2v) is 4.12. The Labute approximate surface area is 91.0 Å². The van der Waals surface area contributed by atoms with Crippen molar-refractivity contribution in [2.24, 2.45) is 0 Å². The molecule has 0 N–H and O–H groups in total. The minimum Gasteiger partial charge on any atom is -0.495 e. The van der Waals surface area contributed by atoms with E-state index in [-0.39, 0.29) is 0 Å². The van der Waals surface area contributed by atoms with Gasteiger partial charge in [0.2, 0.25) is 0 Å². The Morgan fingerprint density at radius 3 is 2.43 bits per heavy atom. The highest BCUT2D eigenvalue weighted by Gasteiger charge is 2.12. The minimum atomic E-state index is 0.439. The summed E-state index contributed by atoms with van der Waals surface area (Å²) in [6.07, 6.45) is 1.00. The Bertz CT molecular complexity index is 318. The Hall–Kier alpha value is -0.690. The third kappa shape index (κ3) is 2.21. The maximum absolute atomic E-state index is 6.13. The first-order valence-corrected chi connectivity index (χ1v) is 5.34. The van der Waals surface area contributed by atoms with Crippen LogP contribution in [0.5, 0.6) is 5.75 Å². The highest BCUT2D eigenvalue weighted by atomic mass is 35.5. The molecule has 0 aliphatic carbocycles. The van der Waals surface area contributed by atoms with Crippen LogP contribution in [-0.2, 0) is 6.42 Å². The lowest BCUT2D eigenvalue weighted by atomic mass is 9.98. The molecular weight excluding hydrogens is 196 g/mol. The van der Waals surface area contributed by atoms with Crippen molar-refractivity contribution in [3.05, 3.63) is 28.3 Å². The van der Waals surface area contributed by atoms with Gasteiger partial charge >= 0.3 is 0 Å². The van der Waals surface area contributed by atoms with E-state index in [1.165, 1.54) is 11.1 Å². The number of methoxy groups -OCH3 is 1. The van der Waals surface area contributed by atoms with Crippen molar-refractivity contribution < 1.29 is 4.74 Å². The van der Waals surface area contributed by atoms with E-state index in [1.807, 2.05) is 6.07 Å². The zero-order chi connectivity index (χ0) is 10.7. The summed E-state index contributed by atoms with van der Waals surface area (Å²) in [4.78, 5) is 0. The lowest BCUT2D eigenvalue weighted by Crippen LogP contribution is -1.97. The zero-order valence-electron chi connectivity index (χ0n) is 9.23. The van der Waals surface area contributed by atoms with E-state index in [0.29, 0.717) is 5.92 Å². The molecule has 0 radical (unpaired) electrons. The van der Waals surface area contributed by atoms with Crippen LogP contribution in [-0.4, -0.2) is 7.11 Å². The molecule has 0 fully saturated rings. The maximum Gasteiger partial charge on any atom is 0.140 e. The van der Waals surface area contributed by atoms with Crippen LogP contribution in [0.3, 0.4) is 0 Å². The number of aryl methyl sites for hydroxylation is 1. The van der Waals surface area contributed by atoms with Crippen molar-refractivity contribution >= 4 is 11.6 Å². The molecule has 78 valence electrons. The van der Waals surface area contributed by atoms with Crippen LogP contribution in [0.15, 0.2) is 12.1 Å². The van der Waals surface area contributed by atoms with Gasteiger partial charge in [-0.25, -0.2) is 0 Å². The first kappa shape index (κ1) is 11.4. The first-order valence-electron chi connectivity index (χ1n) is 4.96. The molecular formula is C12H17ClO. The van der Waals surface area contributed by atoms with E-state index in [0.717, 1.165) is 17.2 Å². The number of hydrogen-bond donors (Lipinski definition) is 0. The Morgan fingerprint density at radius 2 is 2.00 bits per heavy atom. The molecule has 0 aromatic heterocycles. The molecule has 0 bridgehead atoms. The molecule has 0 saturated heterocycles. The maximum atomic E-state index is 6.13. The largest absolute Gasteiger partial charge is 0.495 e. The fraction of sp³-hybridized carbons (Fsp3) is 0.500. The lowest BCUT2D eigenvalue weighted by molar-refractivity contribution is 0.407. The third-order valence-electron chi connectivity index (χ3n) is 2.37. The summed E-state index contributed by atoms with van der Waals surface area (Å²) in [7, 11) is 1.67. The third-order valence-corrected chi connectivity index (χ3v) is 2.65. The van der Waals surface area contributed by atoms with Gasteiger partial charge in [-0.05, 0) is 29.5 Å². The van der Waals surface area contributed by atoms with Crippen LogP contribution >= 0.6 is 11.6 Å². The monoisotopic (exact) mass is 212 g/mol. The van der Waals surface area contributed by atoms with Crippen LogP contribution in [0.2, 0.25) is 5.02 Å². The molecule has 0 atom stereocenters. The summed E-state index contributed by atoms with van der Waals surface area (Å²) in [6.45, 7) is 6.42. The molecule has 1 nitrogen and oxygen atoms in total. The molecule has 1 aromatic rings. The van der Waals surface area contributed by atoms with Crippen molar-refractivity contribution in [1.29, 1.82) is 0 Å². The zero-order valence-corrected chi connectivity index (χ0v) is 9.98. The fourth-order valence-corrected chi connectivity index (χ4v) is 1.85. The van der Waals surface area contributed by atoms with Crippen molar-refractivity contribution in [3.8, 4) is 5.75 Å². The van der Waals surface area contributed by atoms with E-state index < -0.39 is 0 Å². The predicted molar refractivity (Wildman–Crippen MR) is 61.5 cm³/mol. The van der Waals surface area contributed by atoms with E-state index in [2.05, 4.69) is 26.8 Å². The average Bonchev–Trinajstić information content (AvgIpc) is 2.16. The number of halogens is 1. The van der Waals surface area contributed by atoms with Gasteiger partial charge in [-0.1, -0.05) is 38.4 Å². The summed E-state index contributed by atoms with van der Waals surface area (Å²) < 4.78 is 5.30. The molecule has 0 heterocycles. The molecule has 2 heteroatoms. The van der Waals surface area contributed by atoms with E-state index in [9.17, 15) is 0 Å². The van der Waals surface area contributed by atoms with Crippen molar-refractivity contribution in [1.82, 2.24) is 0 Å². The van der Waals surface area contributed by atoms with Gasteiger partial charge in [0.1, 0.15) is 5.75 Å². The molecule has 0 aliphatic rings. The van der Waals surface area contributed by atoms with Gasteiger partial charge in [0.05, 0.1) is 12.1 Å². The second kappa shape index (κ2) is 4.70. The second-order valence-electron chi connectivity index (χ2n) is 3.71. The Morgan fingerprint density at radius 1 is 1.36 bits per heavy atom. The highest BCUT2D eigenvalue weighted by molar-refractivity contribution is 6.32. The van der Waals surface area contributed by atoms with E-state index >= 15 is 0 Å². The summed E-state index contributed by atoms with van der Waals surface area (Å²) in [5, 5.41) is 0.718. The van der Waals surface area contributed by atoms with Crippen LogP contribution in [0.4, 0.5) is 0 Å². The Kier molecular flexibility index (Phi) is 3.82. The van der Waals surface area contributed by atoms with E-state index in [4.69, 9.17) is 16.3 Å². The molecule has 0 spiro atoms. The molecule has 0 saturated carbocycles. The number of benzene rings is 1. The number of ether oxygens (including phenoxy) is 1. The van der Waals surface area contributed by atoms with Crippen LogP contribution < -0.4 is 4.74 Å². The van der Waals surface area contributed by atoms with Gasteiger partial charge in [-0.2, -0.15) is 0 Å².